The van der Waals surface area contributed by atoms with E-state index in [4.69, 9.17) is 4.74 Å². The van der Waals surface area contributed by atoms with Crippen molar-refractivity contribution in [3.05, 3.63) is 63.6 Å². The minimum atomic E-state index is -0.145. The molecule has 6 heteroatoms. The standard InChI is InChI=1S/C24H31N3O3/c1-30-23-16-27(17-24(29)25-20-9-3-2-4-10-20)21(13-22(23)28)15-26-12-11-18-7-5-6-8-19(18)14-26/h5-8,13,16,20H,2-4,9-12,14-15,17H2,1H3,(H,25,29). The first kappa shape index (κ1) is 20.7. The highest BCUT2D eigenvalue weighted by atomic mass is 16.5. The Morgan fingerprint density at radius 1 is 1.17 bits per heavy atom. The van der Waals surface area contributed by atoms with Crippen molar-refractivity contribution in [2.24, 2.45) is 0 Å². The number of ether oxygens (including phenoxy) is 1. The van der Waals surface area contributed by atoms with E-state index in [1.165, 1.54) is 37.5 Å². The van der Waals surface area contributed by atoms with E-state index >= 15 is 0 Å². The first-order valence-electron chi connectivity index (χ1n) is 11.0. The van der Waals surface area contributed by atoms with Crippen LogP contribution in [0.2, 0.25) is 0 Å². The molecule has 2 aromatic rings. The Bertz CT molecular complexity index is 947. The lowest BCUT2D eigenvalue weighted by molar-refractivity contribution is -0.122. The van der Waals surface area contributed by atoms with Gasteiger partial charge in [-0.15, -0.1) is 0 Å². The van der Waals surface area contributed by atoms with Gasteiger partial charge < -0.3 is 14.6 Å². The summed E-state index contributed by atoms with van der Waals surface area (Å²) in [7, 11) is 1.49. The van der Waals surface area contributed by atoms with Crippen LogP contribution in [0.25, 0.3) is 0 Å². The molecule has 0 atom stereocenters. The number of nitrogens with one attached hydrogen (secondary N) is 1. The van der Waals surface area contributed by atoms with E-state index in [0.29, 0.717) is 6.54 Å². The highest BCUT2D eigenvalue weighted by molar-refractivity contribution is 5.76. The molecule has 1 saturated carbocycles. The van der Waals surface area contributed by atoms with Gasteiger partial charge in [-0.25, -0.2) is 0 Å². The van der Waals surface area contributed by atoms with E-state index in [1.54, 1.807) is 12.3 Å². The van der Waals surface area contributed by atoms with Gasteiger partial charge in [-0.3, -0.25) is 14.5 Å². The summed E-state index contributed by atoms with van der Waals surface area (Å²) in [5, 5.41) is 3.17. The predicted octanol–water partition coefficient (Wildman–Crippen LogP) is 2.86. The van der Waals surface area contributed by atoms with E-state index in [2.05, 4.69) is 34.5 Å². The van der Waals surface area contributed by atoms with Crippen molar-refractivity contribution in [3.8, 4) is 5.75 Å². The van der Waals surface area contributed by atoms with Gasteiger partial charge in [0.05, 0.1) is 13.3 Å². The fourth-order valence-corrected chi connectivity index (χ4v) is 4.62. The van der Waals surface area contributed by atoms with Crippen molar-refractivity contribution in [3.63, 3.8) is 0 Å². The zero-order chi connectivity index (χ0) is 20.9. The molecule has 1 amide bonds. The van der Waals surface area contributed by atoms with Gasteiger partial charge in [-0.1, -0.05) is 43.5 Å². The smallest absolute Gasteiger partial charge is 0.240 e. The number of hydrogen-bond donors (Lipinski definition) is 1. The zero-order valence-electron chi connectivity index (χ0n) is 17.7. The van der Waals surface area contributed by atoms with E-state index in [0.717, 1.165) is 38.0 Å². The van der Waals surface area contributed by atoms with Crippen LogP contribution in [0.3, 0.4) is 0 Å². The second kappa shape index (κ2) is 9.47. The third-order valence-electron chi connectivity index (χ3n) is 6.28. The molecule has 1 aromatic heterocycles. The van der Waals surface area contributed by atoms with Crippen LogP contribution < -0.4 is 15.5 Å². The van der Waals surface area contributed by atoms with Gasteiger partial charge in [0, 0.05) is 37.4 Å². The Hall–Kier alpha value is -2.60. The van der Waals surface area contributed by atoms with Crippen LogP contribution in [-0.4, -0.2) is 35.1 Å². The number of carbonyl (C=O) groups excluding carboxylic acids is 1. The number of fused-ring (bicyclic) bond motifs is 1. The largest absolute Gasteiger partial charge is 0.491 e. The molecule has 1 N–H and O–H groups in total. The molecule has 1 aromatic carbocycles. The lowest BCUT2D eigenvalue weighted by Crippen LogP contribution is -2.39. The first-order chi connectivity index (χ1) is 14.6. The molecule has 1 aliphatic heterocycles. The summed E-state index contributed by atoms with van der Waals surface area (Å²) in [6.45, 7) is 2.62. The summed E-state index contributed by atoms with van der Waals surface area (Å²) in [6, 6.07) is 10.4. The average Bonchev–Trinajstić information content (AvgIpc) is 2.76. The Labute approximate surface area is 177 Å². The SMILES string of the molecule is COc1cn(CC(=O)NC2CCCCC2)c(CN2CCc3ccccc3C2)cc1=O. The quantitative estimate of drug-likeness (QED) is 0.797. The Balaban J connectivity index is 1.50. The highest BCUT2D eigenvalue weighted by Gasteiger charge is 2.20. The van der Waals surface area contributed by atoms with Gasteiger partial charge in [0.25, 0.3) is 0 Å². The highest BCUT2D eigenvalue weighted by Crippen LogP contribution is 2.21. The van der Waals surface area contributed by atoms with E-state index in [-0.39, 0.29) is 29.7 Å². The monoisotopic (exact) mass is 409 g/mol. The minimum Gasteiger partial charge on any atom is -0.491 e. The summed E-state index contributed by atoms with van der Waals surface area (Å²) >= 11 is 0. The summed E-state index contributed by atoms with van der Waals surface area (Å²) in [6.07, 6.45) is 8.40. The minimum absolute atomic E-state index is 0.00200. The molecule has 2 aliphatic rings. The molecule has 4 rings (SSSR count). The van der Waals surface area contributed by atoms with Crippen molar-refractivity contribution in [1.82, 2.24) is 14.8 Å². The van der Waals surface area contributed by atoms with Gasteiger partial charge in [-0.2, -0.15) is 0 Å². The number of methoxy groups -OCH3 is 1. The maximum Gasteiger partial charge on any atom is 0.240 e. The van der Waals surface area contributed by atoms with Crippen LogP contribution in [0.4, 0.5) is 0 Å². The number of amides is 1. The summed E-state index contributed by atoms with van der Waals surface area (Å²) in [4.78, 5) is 27.4. The zero-order valence-corrected chi connectivity index (χ0v) is 17.7. The fourth-order valence-electron chi connectivity index (χ4n) is 4.62. The van der Waals surface area contributed by atoms with Gasteiger partial charge in [-0.05, 0) is 30.4 Å². The molecular formula is C24H31N3O3. The normalized spacial score (nSPS) is 17.4. The molecule has 30 heavy (non-hydrogen) atoms. The molecule has 0 spiro atoms. The molecule has 0 unspecified atom stereocenters. The summed E-state index contributed by atoms with van der Waals surface area (Å²) in [5.41, 5.74) is 3.43. The number of nitrogens with zero attached hydrogens (tertiary/aromatic N) is 2. The second-order valence-corrected chi connectivity index (χ2v) is 8.46. The number of benzene rings is 1. The van der Waals surface area contributed by atoms with Gasteiger partial charge >= 0.3 is 0 Å². The number of aromatic nitrogens is 1. The first-order valence-corrected chi connectivity index (χ1v) is 11.0. The molecule has 0 saturated heterocycles. The van der Waals surface area contributed by atoms with E-state index < -0.39 is 0 Å². The second-order valence-electron chi connectivity index (χ2n) is 8.46. The molecule has 2 heterocycles. The molecule has 6 nitrogen and oxygen atoms in total. The number of hydrogen-bond acceptors (Lipinski definition) is 4. The van der Waals surface area contributed by atoms with Crippen LogP contribution in [0.15, 0.2) is 41.3 Å². The molecule has 1 aliphatic carbocycles. The maximum absolute atomic E-state index is 12.7. The average molecular weight is 410 g/mol. The number of carbonyl (C=O) groups is 1. The third-order valence-corrected chi connectivity index (χ3v) is 6.28. The van der Waals surface area contributed by atoms with Crippen molar-refractivity contribution in [1.29, 1.82) is 0 Å². The number of pyridine rings is 1. The third kappa shape index (κ3) is 4.93. The molecule has 160 valence electrons. The van der Waals surface area contributed by atoms with Crippen LogP contribution in [0.5, 0.6) is 5.75 Å². The Kier molecular flexibility index (Phi) is 6.53. The van der Waals surface area contributed by atoms with Crippen molar-refractivity contribution in [2.75, 3.05) is 13.7 Å². The van der Waals surface area contributed by atoms with E-state index in [9.17, 15) is 9.59 Å². The predicted molar refractivity (Wildman–Crippen MR) is 117 cm³/mol. The van der Waals surface area contributed by atoms with Gasteiger partial charge in [0.15, 0.2) is 5.75 Å². The summed E-state index contributed by atoms with van der Waals surface area (Å²) in [5.74, 6) is 0.269. The molecular weight excluding hydrogens is 378 g/mol. The fraction of sp³-hybridized carbons (Fsp3) is 0.500. The molecule has 0 bridgehead atoms. The lowest BCUT2D eigenvalue weighted by Gasteiger charge is -2.30. The Morgan fingerprint density at radius 2 is 1.93 bits per heavy atom. The summed E-state index contributed by atoms with van der Waals surface area (Å²) < 4.78 is 7.10. The molecule has 1 fully saturated rings. The topological polar surface area (TPSA) is 63.6 Å². The van der Waals surface area contributed by atoms with Crippen LogP contribution in [0, 0.1) is 0 Å². The van der Waals surface area contributed by atoms with Gasteiger partial charge in [0.1, 0.15) is 6.54 Å². The maximum atomic E-state index is 12.7. The Morgan fingerprint density at radius 3 is 2.70 bits per heavy atom. The van der Waals surface area contributed by atoms with Crippen LogP contribution in [0.1, 0.15) is 48.9 Å². The van der Waals surface area contributed by atoms with Crippen LogP contribution in [-0.2, 0) is 30.8 Å². The molecule has 0 radical (unpaired) electrons. The van der Waals surface area contributed by atoms with Crippen molar-refractivity contribution in [2.45, 2.75) is 64.2 Å². The van der Waals surface area contributed by atoms with Crippen molar-refractivity contribution < 1.29 is 9.53 Å². The van der Waals surface area contributed by atoms with Gasteiger partial charge in [0.2, 0.25) is 11.3 Å². The van der Waals surface area contributed by atoms with Crippen molar-refractivity contribution >= 4 is 5.91 Å². The number of rotatable bonds is 6. The van der Waals surface area contributed by atoms with E-state index in [1.807, 2.05) is 4.57 Å². The lowest BCUT2D eigenvalue weighted by atomic mass is 9.95. The van der Waals surface area contributed by atoms with Crippen LogP contribution >= 0.6 is 0 Å².